The lowest BCUT2D eigenvalue weighted by Gasteiger charge is -2.34. The minimum atomic E-state index is -0.185. The van der Waals surface area contributed by atoms with Crippen molar-refractivity contribution in [1.29, 1.82) is 0 Å². The fraction of sp³-hybridized carbons (Fsp3) is 0.476. The first kappa shape index (κ1) is 21.0. The second-order valence-electron chi connectivity index (χ2n) is 7.08. The van der Waals surface area contributed by atoms with Gasteiger partial charge in [-0.1, -0.05) is 12.1 Å². The van der Waals surface area contributed by atoms with E-state index in [1.54, 1.807) is 31.5 Å². The number of aryl methyl sites for hydroxylation is 1. The molecule has 1 saturated heterocycles. The van der Waals surface area contributed by atoms with Gasteiger partial charge in [-0.25, -0.2) is 19.4 Å². The predicted molar refractivity (Wildman–Crippen MR) is 115 cm³/mol. The molecule has 0 unspecified atom stereocenters. The van der Waals surface area contributed by atoms with E-state index in [2.05, 4.69) is 35.4 Å². The number of anilines is 1. The summed E-state index contributed by atoms with van der Waals surface area (Å²) in [5, 5.41) is 6.62. The van der Waals surface area contributed by atoms with Gasteiger partial charge in [0.2, 0.25) is 5.95 Å². The number of nitrogens with zero attached hydrogens (tertiary/aromatic N) is 5. The summed E-state index contributed by atoms with van der Waals surface area (Å²) in [6.07, 6.45) is 3.57. The number of nitrogens with one attached hydrogen (secondary N) is 2. The van der Waals surface area contributed by atoms with Gasteiger partial charge in [-0.05, 0) is 37.1 Å². The molecule has 0 atom stereocenters. The molecule has 1 aliphatic rings. The van der Waals surface area contributed by atoms with Crippen LogP contribution < -0.4 is 15.5 Å². The second kappa shape index (κ2) is 10.7. The third-order valence-electron chi connectivity index (χ3n) is 4.93. The molecule has 0 radical (unpaired) electrons. The van der Waals surface area contributed by atoms with Gasteiger partial charge in [-0.3, -0.25) is 4.90 Å². The zero-order valence-corrected chi connectivity index (χ0v) is 17.2. The van der Waals surface area contributed by atoms with Crippen molar-refractivity contribution in [2.24, 2.45) is 4.99 Å². The van der Waals surface area contributed by atoms with Gasteiger partial charge >= 0.3 is 0 Å². The fourth-order valence-electron chi connectivity index (χ4n) is 3.21. The SMILES string of the molecule is CCNC(=NCc1ccc(C)c(F)c1)NCCN1CCN(c2ncccn2)CC1. The summed E-state index contributed by atoms with van der Waals surface area (Å²) in [5.41, 5.74) is 1.52. The topological polar surface area (TPSA) is 68.7 Å². The molecular weight excluding hydrogens is 369 g/mol. The molecule has 156 valence electrons. The third-order valence-corrected chi connectivity index (χ3v) is 4.93. The minimum absolute atomic E-state index is 0.185. The molecule has 8 heteroatoms. The van der Waals surface area contributed by atoms with Gasteiger partial charge in [-0.15, -0.1) is 0 Å². The van der Waals surface area contributed by atoms with Crippen LogP contribution in [0.5, 0.6) is 0 Å². The molecule has 0 aliphatic carbocycles. The van der Waals surface area contributed by atoms with Gasteiger partial charge in [-0.2, -0.15) is 0 Å². The number of benzene rings is 1. The van der Waals surface area contributed by atoms with E-state index in [0.29, 0.717) is 12.1 Å². The van der Waals surface area contributed by atoms with E-state index in [9.17, 15) is 4.39 Å². The van der Waals surface area contributed by atoms with Gasteiger partial charge in [0, 0.05) is 58.2 Å². The quantitative estimate of drug-likeness (QED) is 0.547. The van der Waals surface area contributed by atoms with E-state index in [-0.39, 0.29) is 5.82 Å². The molecule has 0 bridgehead atoms. The molecule has 2 N–H and O–H groups in total. The molecule has 1 aliphatic heterocycles. The van der Waals surface area contributed by atoms with E-state index in [4.69, 9.17) is 0 Å². The third kappa shape index (κ3) is 6.39. The maximum atomic E-state index is 13.7. The first-order valence-corrected chi connectivity index (χ1v) is 10.2. The molecule has 29 heavy (non-hydrogen) atoms. The highest BCUT2D eigenvalue weighted by molar-refractivity contribution is 5.79. The van der Waals surface area contributed by atoms with Crippen molar-refractivity contribution >= 4 is 11.9 Å². The Balaban J connectivity index is 1.43. The van der Waals surface area contributed by atoms with Crippen LogP contribution in [0.3, 0.4) is 0 Å². The Morgan fingerprint density at radius 3 is 2.59 bits per heavy atom. The number of piperazine rings is 1. The van der Waals surface area contributed by atoms with Crippen LogP contribution in [0.1, 0.15) is 18.1 Å². The lowest BCUT2D eigenvalue weighted by atomic mass is 10.1. The molecule has 0 amide bonds. The first-order valence-electron chi connectivity index (χ1n) is 10.2. The normalized spacial score (nSPS) is 15.4. The Labute approximate surface area is 172 Å². The van der Waals surface area contributed by atoms with Crippen LogP contribution in [0.2, 0.25) is 0 Å². The molecule has 1 aromatic heterocycles. The van der Waals surface area contributed by atoms with Gasteiger partial charge < -0.3 is 15.5 Å². The van der Waals surface area contributed by atoms with E-state index in [1.165, 1.54) is 0 Å². The van der Waals surface area contributed by atoms with Crippen molar-refractivity contribution in [2.75, 3.05) is 50.7 Å². The Morgan fingerprint density at radius 2 is 1.90 bits per heavy atom. The molecular formula is C21H30FN7. The Morgan fingerprint density at radius 1 is 1.14 bits per heavy atom. The lowest BCUT2D eigenvalue weighted by molar-refractivity contribution is 0.260. The number of hydrogen-bond acceptors (Lipinski definition) is 5. The summed E-state index contributed by atoms with van der Waals surface area (Å²) in [5.74, 6) is 1.37. The highest BCUT2D eigenvalue weighted by Gasteiger charge is 2.18. The lowest BCUT2D eigenvalue weighted by Crippen LogP contribution is -2.49. The highest BCUT2D eigenvalue weighted by atomic mass is 19.1. The van der Waals surface area contributed by atoms with Crippen LogP contribution in [0, 0.1) is 12.7 Å². The summed E-state index contributed by atoms with van der Waals surface area (Å²) < 4.78 is 13.7. The number of aliphatic imine (C=N–C) groups is 1. The van der Waals surface area contributed by atoms with E-state index < -0.39 is 0 Å². The van der Waals surface area contributed by atoms with E-state index in [0.717, 1.165) is 63.3 Å². The smallest absolute Gasteiger partial charge is 0.225 e. The first-order chi connectivity index (χ1) is 14.2. The van der Waals surface area contributed by atoms with Crippen molar-refractivity contribution in [3.63, 3.8) is 0 Å². The standard InChI is InChI=1S/C21H30FN7/c1-3-23-20(27-16-18-6-5-17(2)19(22)15-18)24-9-10-28-11-13-29(14-12-28)21-25-7-4-8-26-21/h4-8,15H,3,9-14,16H2,1-2H3,(H2,23,24,27). The Bertz CT molecular complexity index is 789. The molecule has 2 aromatic rings. The van der Waals surface area contributed by atoms with Gasteiger partial charge in [0.25, 0.3) is 0 Å². The number of guanidine groups is 1. The molecule has 7 nitrogen and oxygen atoms in total. The van der Waals surface area contributed by atoms with Crippen molar-refractivity contribution in [3.05, 3.63) is 53.6 Å². The van der Waals surface area contributed by atoms with Crippen molar-refractivity contribution in [1.82, 2.24) is 25.5 Å². The molecule has 3 rings (SSSR count). The molecule has 0 saturated carbocycles. The van der Waals surface area contributed by atoms with Gasteiger partial charge in [0.15, 0.2) is 5.96 Å². The van der Waals surface area contributed by atoms with Crippen LogP contribution in [-0.2, 0) is 6.54 Å². The zero-order valence-electron chi connectivity index (χ0n) is 17.2. The molecule has 1 aromatic carbocycles. The van der Waals surface area contributed by atoms with Gasteiger partial charge in [0.1, 0.15) is 5.82 Å². The second-order valence-corrected chi connectivity index (χ2v) is 7.08. The van der Waals surface area contributed by atoms with Crippen LogP contribution in [0.4, 0.5) is 10.3 Å². The monoisotopic (exact) mass is 399 g/mol. The molecule has 2 heterocycles. The fourth-order valence-corrected chi connectivity index (χ4v) is 3.21. The maximum absolute atomic E-state index is 13.7. The van der Waals surface area contributed by atoms with Crippen LogP contribution in [0.25, 0.3) is 0 Å². The average molecular weight is 400 g/mol. The van der Waals surface area contributed by atoms with Crippen molar-refractivity contribution < 1.29 is 4.39 Å². The summed E-state index contributed by atoms with van der Waals surface area (Å²) >= 11 is 0. The summed E-state index contributed by atoms with van der Waals surface area (Å²) in [4.78, 5) is 17.9. The van der Waals surface area contributed by atoms with Crippen LogP contribution in [0.15, 0.2) is 41.7 Å². The zero-order chi connectivity index (χ0) is 20.5. The number of aromatic nitrogens is 2. The summed E-state index contributed by atoms with van der Waals surface area (Å²) in [6.45, 7) is 10.6. The maximum Gasteiger partial charge on any atom is 0.225 e. The Kier molecular flexibility index (Phi) is 7.75. The van der Waals surface area contributed by atoms with Crippen molar-refractivity contribution in [3.8, 4) is 0 Å². The number of halogens is 1. The number of hydrogen-bond donors (Lipinski definition) is 2. The average Bonchev–Trinajstić information content (AvgIpc) is 2.75. The summed E-state index contributed by atoms with van der Waals surface area (Å²) in [6, 6.07) is 7.10. The highest BCUT2D eigenvalue weighted by Crippen LogP contribution is 2.10. The summed E-state index contributed by atoms with van der Waals surface area (Å²) in [7, 11) is 0. The van der Waals surface area contributed by atoms with Gasteiger partial charge in [0.05, 0.1) is 6.54 Å². The minimum Gasteiger partial charge on any atom is -0.357 e. The number of rotatable bonds is 7. The van der Waals surface area contributed by atoms with E-state index in [1.807, 2.05) is 19.1 Å². The molecule has 0 spiro atoms. The van der Waals surface area contributed by atoms with E-state index >= 15 is 0 Å². The van der Waals surface area contributed by atoms with Crippen molar-refractivity contribution in [2.45, 2.75) is 20.4 Å². The largest absolute Gasteiger partial charge is 0.357 e. The van der Waals surface area contributed by atoms with Crippen LogP contribution in [-0.4, -0.2) is 66.6 Å². The predicted octanol–water partition coefficient (Wildman–Crippen LogP) is 1.80. The molecule has 1 fully saturated rings. The Hall–Kier alpha value is -2.74. The van der Waals surface area contributed by atoms with Crippen LogP contribution >= 0.6 is 0 Å².